The van der Waals surface area contributed by atoms with Gasteiger partial charge in [0.2, 0.25) is 0 Å². The zero-order valence-corrected chi connectivity index (χ0v) is 10.8. The van der Waals surface area contributed by atoms with E-state index in [1.165, 1.54) is 19.3 Å². The predicted molar refractivity (Wildman–Crippen MR) is 65.9 cm³/mol. The summed E-state index contributed by atoms with van der Waals surface area (Å²) in [7, 11) is 0. The quantitative estimate of drug-likeness (QED) is 0.796. The van der Waals surface area contributed by atoms with E-state index >= 15 is 0 Å². The molecule has 1 atom stereocenters. The molecule has 1 unspecified atom stereocenters. The Kier molecular flexibility index (Phi) is 8.46. The Bertz CT molecular complexity index is 232. The Labute approximate surface area is 103 Å². The smallest absolute Gasteiger partial charge is 0.306 e. The molecule has 4 nitrogen and oxygen atoms in total. The number of carboxylic acids is 2. The zero-order chi connectivity index (χ0) is 13.3. The van der Waals surface area contributed by atoms with Gasteiger partial charge in [-0.3, -0.25) is 9.59 Å². The molecule has 1 aliphatic carbocycles. The topological polar surface area (TPSA) is 74.6 Å². The van der Waals surface area contributed by atoms with E-state index < -0.39 is 11.9 Å². The van der Waals surface area contributed by atoms with Gasteiger partial charge in [0.25, 0.3) is 0 Å². The van der Waals surface area contributed by atoms with Crippen molar-refractivity contribution >= 4 is 11.9 Å². The lowest BCUT2D eigenvalue weighted by molar-refractivity contribution is -0.143. The molecule has 0 aromatic heterocycles. The minimum Gasteiger partial charge on any atom is -0.481 e. The van der Waals surface area contributed by atoms with Crippen LogP contribution in [0, 0.1) is 11.8 Å². The summed E-state index contributed by atoms with van der Waals surface area (Å²) in [5.74, 6) is -1.02. The number of rotatable bonds is 4. The molecule has 0 aliphatic heterocycles. The first-order valence-corrected chi connectivity index (χ1v) is 6.43. The molecule has 4 heteroatoms. The highest BCUT2D eigenvalue weighted by atomic mass is 16.4. The van der Waals surface area contributed by atoms with E-state index in [9.17, 15) is 9.59 Å². The van der Waals surface area contributed by atoms with E-state index in [1.807, 2.05) is 13.8 Å². The monoisotopic (exact) mass is 244 g/mol. The normalized spacial score (nSPS) is 17.8. The van der Waals surface area contributed by atoms with Gasteiger partial charge in [-0.25, -0.2) is 0 Å². The van der Waals surface area contributed by atoms with Gasteiger partial charge in [0, 0.05) is 6.42 Å². The van der Waals surface area contributed by atoms with Crippen molar-refractivity contribution in [2.24, 2.45) is 11.8 Å². The summed E-state index contributed by atoms with van der Waals surface area (Å²) < 4.78 is 0. The summed E-state index contributed by atoms with van der Waals surface area (Å²) >= 11 is 0. The maximum absolute atomic E-state index is 10.6. The minimum absolute atomic E-state index is 0.129. The fourth-order valence-corrected chi connectivity index (χ4v) is 2.05. The predicted octanol–water partition coefficient (Wildman–Crippen LogP) is 3.16. The molecule has 1 fully saturated rings. The highest BCUT2D eigenvalue weighted by Crippen LogP contribution is 2.29. The third kappa shape index (κ3) is 7.77. The molecule has 0 heterocycles. The van der Waals surface area contributed by atoms with Gasteiger partial charge >= 0.3 is 11.9 Å². The van der Waals surface area contributed by atoms with Gasteiger partial charge < -0.3 is 10.2 Å². The van der Waals surface area contributed by atoms with E-state index in [4.69, 9.17) is 10.2 Å². The second kappa shape index (κ2) is 9.02. The molecule has 2 N–H and O–H groups in total. The van der Waals surface area contributed by atoms with Gasteiger partial charge in [0.15, 0.2) is 0 Å². The molecular formula is C13H24O4. The molecule has 100 valence electrons. The third-order valence-corrected chi connectivity index (χ3v) is 3.21. The summed E-state index contributed by atoms with van der Waals surface area (Å²) in [6, 6.07) is 0. The van der Waals surface area contributed by atoms with Crippen LogP contribution in [0.15, 0.2) is 0 Å². The van der Waals surface area contributed by atoms with Crippen molar-refractivity contribution in [3.05, 3.63) is 0 Å². The SMILES string of the molecule is CC(C(=O)O)C1CCCCC1.CCCC(=O)O. The van der Waals surface area contributed by atoms with Gasteiger partial charge in [-0.15, -0.1) is 0 Å². The van der Waals surface area contributed by atoms with Crippen LogP contribution in [0.4, 0.5) is 0 Å². The number of hydrogen-bond acceptors (Lipinski definition) is 2. The van der Waals surface area contributed by atoms with Crippen molar-refractivity contribution < 1.29 is 19.8 Å². The molecule has 0 bridgehead atoms. The summed E-state index contributed by atoms with van der Waals surface area (Å²) in [6.07, 6.45) is 7.00. The van der Waals surface area contributed by atoms with Gasteiger partial charge in [-0.2, -0.15) is 0 Å². The summed E-state index contributed by atoms with van der Waals surface area (Å²) in [4.78, 5) is 20.2. The lowest BCUT2D eigenvalue weighted by Gasteiger charge is -2.24. The molecule has 0 saturated heterocycles. The number of carboxylic acid groups (broad SMARTS) is 2. The van der Waals surface area contributed by atoms with Gasteiger partial charge in [0.05, 0.1) is 5.92 Å². The molecule has 17 heavy (non-hydrogen) atoms. The van der Waals surface area contributed by atoms with Crippen molar-refractivity contribution in [1.82, 2.24) is 0 Å². The van der Waals surface area contributed by atoms with Crippen molar-refractivity contribution in [3.63, 3.8) is 0 Å². The molecule has 0 aromatic carbocycles. The van der Waals surface area contributed by atoms with E-state index in [2.05, 4.69) is 0 Å². The fourth-order valence-electron chi connectivity index (χ4n) is 2.05. The summed E-state index contributed by atoms with van der Waals surface area (Å²) in [5, 5.41) is 16.6. The molecule has 1 saturated carbocycles. The number of hydrogen-bond donors (Lipinski definition) is 2. The Morgan fingerprint density at radius 2 is 1.71 bits per heavy atom. The number of carbonyl (C=O) groups is 2. The van der Waals surface area contributed by atoms with Crippen LogP contribution in [-0.2, 0) is 9.59 Å². The fraction of sp³-hybridized carbons (Fsp3) is 0.846. The molecule has 0 spiro atoms. The second-order valence-corrected chi connectivity index (χ2v) is 4.67. The van der Waals surface area contributed by atoms with Gasteiger partial charge in [-0.1, -0.05) is 33.1 Å². The van der Waals surface area contributed by atoms with Crippen molar-refractivity contribution in [3.8, 4) is 0 Å². The average molecular weight is 244 g/mol. The molecule has 0 aromatic rings. The van der Waals surface area contributed by atoms with E-state index in [0.29, 0.717) is 12.3 Å². The van der Waals surface area contributed by atoms with Crippen LogP contribution in [0.25, 0.3) is 0 Å². The van der Waals surface area contributed by atoms with E-state index in [-0.39, 0.29) is 5.92 Å². The van der Waals surface area contributed by atoms with Crippen molar-refractivity contribution in [2.75, 3.05) is 0 Å². The third-order valence-electron chi connectivity index (χ3n) is 3.21. The minimum atomic E-state index is -0.711. The average Bonchev–Trinajstić information content (AvgIpc) is 2.29. The first-order chi connectivity index (χ1) is 7.99. The highest BCUT2D eigenvalue weighted by Gasteiger charge is 2.24. The molecule has 0 radical (unpaired) electrons. The molecule has 0 amide bonds. The zero-order valence-electron chi connectivity index (χ0n) is 10.8. The lowest BCUT2D eigenvalue weighted by atomic mass is 9.81. The Morgan fingerprint density at radius 1 is 1.18 bits per heavy atom. The van der Waals surface area contributed by atoms with E-state index in [0.717, 1.165) is 19.3 Å². The summed E-state index contributed by atoms with van der Waals surface area (Å²) in [5.41, 5.74) is 0. The van der Waals surface area contributed by atoms with Crippen LogP contribution in [0.1, 0.15) is 58.8 Å². The second-order valence-electron chi connectivity index (χ2n) is 4.67. The number of aliphatic carboxylic acids is 2. The highest BCUT2D eigenvalue weighted by molar-refractivity contribution is 5.69. The largest absolute Gasteiger partial charge is 0.481 e. The van der Waals surface area contributed by atoms with Crippen LogP contribution in [0.5, 0.6) is 0 Å². The van der Waals surface area contributed by atoms with E-state index in [1.54, 1.807) is 0 Å². The van der Waals surface area contributed by atoms with Crippen LogP contribution >= 0.6 is 0 Å². The Hall–Kier alpha value is -1.06. The standard InChI is InChI=1S/C9H16O2.C4H8O2/c1-7(9(10)11)8-5-3-2-4-6-8;1-2-3-4(5)6/h7-8H,2-6H2,1H3,(H,10,11);2-3H2,1H3,(H,5,6). The maximum Gasteiger partial charge on any atom is 0.306 e. The van der Waals surface area contributed by atoms with Crippen molar-refractivity contribution in [2.45, 2.75) is 58.8 Å². The Morgan fingerprint density at radius 3 is 2.00 bits per heavy atom. The molecular weight excluding hydrogens is 220 g/mol. The maximum atomic E-state index is 10.6. The first-order valence-electron chi connectivity index (χ1n) is 6.43. The van der Waals surface area contributed by atoms with Gasteiger partial charge in [0.1, 0.15) is 0 Å². The van der Waals surface area contributed by atoms with Crippen LogP contribution < -0.4 is 0 Å². The van der Waals surface area contributed by atoms with Crippen LogP contribution in [-0.4, -0.2) is 22.2 Å². The molecule has 1 aliphatic rings. The van der Waals surface area contributed by atoms with Crippen LogP contribution in [0.2, 0.25) is 0 Å². The summed E-state index contributed by atoms with van der Waals surface area (Å²) in [6.45, 7) is 3.67. The lowest BCUT2D eigenvalue weighted by Crippen LogP contribution is -2.22. The first kappa shape index (κ1) is 15.9. The van der Waals surface area contributed by atoms with Crippen molar-refractivity contribution in [1.29, 1.82) is 0 Å². The van der Waals surface area contributed by atoms with Crippen LogP contribution in [0.3, 0.4) is 0 Å². The Balaban J connectivity index is 0.000000366. The van der Waals surface area contributed by atoms with Gasteiger partial charge in [-0.05, 0) is 25.2 Å². The molecule has 1 rings (SSSR count).